The van der Waals surface area contributed by atoms with E-state index >= 15 is 0 Å². The summed E-state index contributed by atoms with van der Waals surface area (Å²) in [6, 6.07) is 8.60. The van der Waals surface area contributed by atoms with Crippen molar-refractivity contribution in [2.24, 2.45) is 5.92 Å². The number of nitrogens with zero attached hydrogens (tertiary/aromatic N) is 2. The maximum absolute atomic E-state index is 12.4. The molecule has 6 heteroatoms. The van der Waals surface area contributed by atoms with Gasteiger partial charge in [0.05, 0.1) is 11.1 Å². The number of halogens is 1. The second kappa shape index (κ2) is 5.27. The molecule has 1 aliphatic heterocycles. The van der Waals surface area contributed by atoms with Crippen molar-refractivity contribution in [3.05, 3.63) is 29.3 Å². The Morgan fingerprint density at radius 1 is 1.28 bits per heavy atom. The molecule has 4 nitrogen and oxygen atoms in total. The highest BCUT2D eigenvalue weighted by Gasteiger charge is 2.30. The molecule has 0 spiro atoms. The highest BCUT2D eigenvalue weighted by molar-refractivity contribution is 7.89. The molecule has 1 aromatic rings. The molecule has 0 aromatic heterocycles. The van der Waals surface area contributed by atoms with E-state index in [0.29, 0.717) is 25.9 Å². The van der Waals surface area contributed by atoms with Gasteiger partial charge in [-0.05, 0) is 25.0 Å². The van der Waals surface area contributed by atoms with Crippen LogP contribution in [0.25, 0.3) is 0 Å². The lowest BCUT2D eigenvalue weighted by atomic mass is 10.0. The summed E-state index contributed by atoms with van der Waals surface area (Å²) in [5.74, 6) is -0.0392. The van der Waals surface area contributed by atoms with E-state index in [1.807, 2.05) is 0 Å². The van der Waals surface area contributed by atoms with E-state index in [-0.39, 0.29) is 15.8 Å². The molecule has 0 saturated carbocycles. The first kappa shape index (κ1) is 13.3. The third kappa shape index (κ3) is 2.51. The molecule has 96 valence electrons. The molecule has 0 aliphatic carbocycles. The van der Waals surface area contributed by atoms with Gasteiger partial charge < -0.3 is 0 Å². The molecular formula is C12H13ClN2O2S. The van der Waals surface area contributed by atoms with Crippen LogP contribution in [0.5, 0.6) is 0 Å². The second-order valence-corrected chi connectivity index (χ2v) is 6.55. The fourth-order valence-electron chi connectivity index (χ4n) is 2.02. The Morgan fingerprint density at radius 2 is 1.89 bits per heavy atom. The van der Waals surface area contributed by atoms with E-state index in [9.17, 15) is 8.42 Å². The van der Waals surface area contributed by atoms with Gasteiger partial charge in [-0.25, -0.2) is 8.42 Å². The lowest BCUT2D eigenvalue weighted by Crippen LogP contribution is -2.38. The predicted octanol–water partition coefficient (Wildman–Crippen LogP) is 2.26. The molecule has 0 N–H and O–H groups in total. The molecule has 1 fully saturated rings. The van der Waals surface area contributed by atoms with Crippen LogP contribution in [-0.2, 0) is 10.0 Å². The topological polar surface area (TPSA) is 61.2 Å². The summed E-state index contributed by atoms with van der Waals surface area (Å²) in [5, 5.41) is 9.04. The maximum atomic E-state index is 12.4. The van der Waals surface area contributed by atoms with Crippen LogP contribution in [0.15, 0.2) is 29.2 Å². The van der Waals surface area contributed by atoms with Gasteiger partial charge in [-0.2, -0.15) is 9.57 Å². The first-order chi connectivity index (χ1) is 8.55. The van der Waals surface area contributed by atoms with Gasteiger partial charge >= 0.3 is 0 Å². The van der Waals surface area contributed by atoms with Crippen LogP contribution in [-0.4, -0.2) is 25.8 Å². The third-order valence-electron chi connectivity index (χ3n) is 3.09. The SMILES string of the molecule is N#CC1CCN(S(=O)(=O)c2ccccc2Cl)CC1. The van der Waals surface area contributed by atoms with E-state index in [1.165, 1.54) is 10.4 Å². The predicted molar refractivity (Wildman–Crippen MR) is 68.5 cm³/mol. The van der Waals surface area contributed by atoms with Gasteiger partial charge in [0.1, 0.15) is 4.90 Å². The highest BCUT2D eigenvalue weighted by Crippen LogP contribution is 2.27. The number of nitriles is 1. The molecular weight excluding hydrogens is 272 g/mol. The van der Waals surface area contributed by atoms with E-state index < -0.39 is 10.0 Å². The zero-order valence-electron chi connectivity index (χ0n) is 9.71. The Labute approximate surface area is 112 Å². The molecule has 1 heterocycles. The van der Waals surface area contributed by atoms with Gasteiger partial charge in [0.2, 0.25) is 10.0 Å². The van der Waals surface area contributed by atoms with Gasteiger partial charge in [0.25, 0.3) is 0 Å². The average Bonchev–Trinajstić information content (AvgIpc) is 2.39. The Kier molecular flexibility index (Phi) is 3.91. The van der Waals surface area contributed by atoms with Crippen LogP contribution < -0.4 is 0 Å². The normalized spacial score (nSPS) is 18.4. The molecule has 0 radical (unpaired) electrons. The molecule has 0 unspecified atom stereocenters. The molecule has 1 aromatic carbocycles. The molecule has 2 rings (SSSR count). The maximum Gasteiger partial charge on any atom is 0.244 e. The minimum atomic E-state index is -3.53. The third-order valence-corrected chi connectivity index (χ3v) is 5.49. The molecule has 1 aliphatic rings. The molecule has 0 bridgehead atoms. The molecule has 0 atom stereocenters. The number of sulfonamides is 1. The van der Waals surface area contributed by atoms with E-state index in [4.69, 9.17) is 16.9 Å². The minimum Gasteiger partial charge on any atom is -0.207 e. The molecule has 18 heavy (non-hydrogen) atoms. The first-order valence-electron chi connectivity index (χ1n) is 5.70. The fourth-order valence-corrected chi connectivity index (χ4v) is 3.98. The zero-order valence-corrected chi connectivity index (χ0v) is 11.3. The Morgan fingerprint density at radius 3 is 2.44 bits per heavy atom. The van der Waals surface area contributed by atoms with Crippen molar-refractivity contribution in [3.63, 3.8) is 0 Å². The quantitative estimate of drug-likeness (QED) is 0.837. The summed E-state index contributed by atoms with van der Waals surface area (Å²) in [6.07, 6.45) is 1.17. The van der Waals surface area contributed by atoms with Crippen molar-refractivity contribution in [1.82, 2.24) is 4.31 Å². The summed E-state index contributed by atoms with van der Waals surface area (Å²) >= 11 is 5.93. The van der Waals surface area contributed by atoms with Crippen LogP contribution in [0, 0.1) is 17.2 Å². The van der Waals surface area contributed by atoms with Crippen molar-refractivity contribution >= 4 is 21.6 Å². The average molecular weight is 285 g/mol. The van der Waals surface area contributed by atoms with Crippen LogP contribution in [0.4, 0.5) is 0 Å². The number of rotatable bonds is 2. The van der Waals surface area contributed by atoms with Gasteiger partial charge in [0.15, 0.2) is 0 Å². The number of piperidine rings is 1. The van der Waals surface area contributed by atoms with E-state index in [2.05, 4.69) is 6.07 Å². The Bertz CT molecular complexity index is 572. The summed E-state index contributed by atoms with van der Waals surface area (Å²) < 4.78 is 26.1. The number of benzene rings is 1. The largest absolute Gasteiger partial charge is 0.244 e. The minimum absolute atomic E-state index is 0.0392. The Balaban J connectivity index is 2.24. The smallest absolute Gasteiger partial charge is 0.207 e. The standard InChI is InChI=1S/C12H13ClN2O2S/c13-11-3-1-2-4-12(11)18(16,17)15-7-5-10(9-14)6-8-15/h1-4,10H,5-8H2. The Hall–Kier alpha value is -1.09. The van der Waals surface area contributed by atoms with Crippen molar-refractivity contribution in [1.29, 1.82) is 5.26 Å². The van der Waals surface area contributed by atoms with Crippen LogP contribution in [0.3, 0.4) is 0 Å². The highest BCUT2D eigenvalue weighted by atomic mass is 35.5. The van der Waals surface area contributed by atoms with E-state index in [0.717, 1.165) is 0 Å². The lowest BCUT2D eigenvalue weighted by molar-refractivity contribution is 0.310. The monoisotopic (exact) mass is 284 g/mol. The van der Waals surface area contributed by atoms with Crippen molar-refractivity contribution in [3.8, 4) is 6.07 Å². The number of hydrogen-bond acceptors (Lipinski definition) is 3. The molecule has 0 amide bonds. The van der Waals surface area contributed by atoms with Crippen LogP contribution >= 0.6 is 11.6 Å². The fraction of sp³-hybridized carbons (Fsp3) is 0.417. The van der Waals surface area contributed by atoms with Gasteiger partial charge in [-0.15, -0.1) is 0 Å². The van der Waals surface area contributed by atoms with Gasteiger partial charge in [0, 0.05) is 19.0 Å². The number of hydrogen-bond donors (Lipinski definition) is 0. The van der Waals surface area contributed by atoms with Crippen LogP contribution in [0.1, 0.15) is 12.8 Å². The lowest BCUT2D eigenvalue weighted by Gasteiger charge is -2.28. The molecule has 1 saturated heterocycles. The van der Waals surface area contributed by atoms with Crippen molar-refractivity contribution in [2.75, 3.05) is 13.1 Å². The van der Waals surface area contributed by atoms with E-state index in [1.54, 1.807) is 18.2 Å². The first-order valence-corrected chi connectivity index (χ1v) is 7.52. The summed E-state index contributed by atoms with van der Waals surface area (Å²) in [7, 11) is -3.53. The summed E-state index contributed by atoms with van der Waals surface area (Å²) in [5.41, 5.74) is 0. The van der Waals surface area contributed by atoms with Crippen molar-refractivity contribution < 1.29 is 8.42 Å². The van der Waals surface area contributed by atoms with Gasteiger partial charge in [-0.3, -0.25) is 0 Å². The summed E-state index contributed by atoms with van der Waals surface area (Å²) in [6.45, 7) is 0.761. The van der Waals surface area contributed by atoms with Crippen molar-refractivity contribution in [2.45, 2.75) is 17.7 Å². The zero-order chi connectivity index (χ0) is 13.2. The second-order valence-electron chi connectivity index (χ2n) is 4.24. The summed E-state index contributed by atoms with van der Waals surface area (Å²) in [4.78, 5) is 0.141. The van der Waals surface area contributed by atoms with Gasteiger partial charge in [-0.1, -0.05) is 23.7 Å². The van der Waals surface area contributed by atoms with Crippen LogP contribution in [0.2, 0.25) is 5.02 Å².